The van der Waals surface area contributed by atoms with Crippen LogP contribution in [0, 0.1) is 12.7 Å². The van der Waals surface area contributed by atoms with Gasteiger partial charge in [0, 0.05) is 19.8 Å². The molecule has 32 heavy (non-hydrogen) atoms. The first kappa shape index (κ1) is 23.6. The predicted molar refractivity (Wildman–Crippen MR) is 120 cm³/mol. The van der Waals surface area contributed by atoms with Crippen LogP contribution in [-0.4, -0.2) is 42.5 Å². The molecule has 168 valence electrons. The number of amides is 1. The molecule has 0 saturated heterocycles. The highest BCUT2D eigenvalue weighted by atomic mass is 35.5. The van der Waals surface area contributed by atoms with Gasteiger partial charge in [-0.25, -0.2) is 21.8 Å². The molecule has 0 saturated carbocycles. The van der Waals surface area contributed by atoms with E-state index in [0.29, 0.717) is 5.56 Å². The Hall–Kier alpha value is -3.08. The normalized spacial score (nSPS) is 11.6. The second-order valence-corrected chi connectivity index (χ2v) is 9.68. The maximum Gasteiger partial charge on any atom is 0.276 e. The quantitative estimate of drug-likeness (QED) is 0.587. The molecule has 0 aliphatic carbocycles. The first-order valence-corrected chi connectivity index (χ1v) is 11.2. The summed E-state index contributed by atoms with van der Waals surface area (Å²) in [5.74, 6) is -1.15. The zero-order chi connectivity index (χ0) is 23.6. The second kappa shape index (κ2) is 9.19. The summed E-state index contributed by atoms with van der Waals surface area (Å²) < 4.78 is 40.5. The predicted octanol–water partition coefficient (Wildman–Crippen LogP) is 2.90. The molecule has 8 nitrogen and oxygen atoms in total. The number of carbonyl (C=O) groups is 1. The number of sulfonamides is 1. The molecule has 1 aromatic heterocycles. The smallest absolute Gasteiger partial charge is 0.276 e. The number of hydrogen-bond donors (Lipinski definition) is 1. The van der Waals surface area contributed by atoms with Gasteiger partial charge in [0.1, 0.15) is 12.4 Å². The van der Waals surface area contributed by atoms with E-state index in [1.54, 1.807) is 19.1 Å². The van der Waals surface area contributed by atoms with E-state index in [2.05, 4.69) is 10.4 Å². The number of benzene rings is 2. The van der Waals surface area contributed by atoms with Crippen molar-refractivity contribution < 1.29 is 17.6 Å². The van der Waals surface area contributed by atoms with Gasteiger partial charge in [0.15, 0.2) is 0 Å². The molecule has 1 heterocycles. The van der Waals surface area contributed by atoms with Crippen molar-refractivity contribution in [3.05, 3.63) is 75.4 Å². The topological polar surface area (TPSA) is 101 Å². The Morgan fingerprint density at radius 3 is 2.59 bits per heavy atom. The number of hydrogen-bond acceptors (Lipinski definition) is 5. The molecule has 11 heteroatoms. The molecule has 0 radical (unpaired) electrons. The van der Waals surface area contributed by atoms with E-state index < -0.39 is 33.9 Å². The molecular formula is C21H20ClFN4O4S. The van der Waals surface area contributed by atoms with Gasteiger partial charge in [-0.05, 0) is 42.3 Å². The minimum Gasteiger partial charge on any atom is -0.324 e. The number of anilines is 1. The molecule has 0 aliphatic heterocycles. The lowest BCUT2D eigenvalue weighted by Gasteiger charge is -2.15. The molecule has 3 aromatic rings. The molecule has 0 fully saturated rings. The highest BCUT2D eigenvalue weighted by Crippen LogP contribution is 2.24. The fraction of sp³-hybridized carbons (Fsp3) is 0.190. The van der Waals surface area contributed by atoms with Gasteiger partial charge >= 0.3 is 0 Å². The monoisotopic (exact) mass is 478 g/mol. The van der Waals surface area contributed by atoms with Gasteiger partial charge in [-0.1, -0.05) is 29.8 Å². The van der Waals surface area contributed by atoms with Crippen molar-refractivity contribution in [2.24, 2.45) is 0 Å². The van der Waals surface area contributed by atoms with Crippen LogP contribution in [0.25, 0.3) is 11.1 Å². The average molecular weight is 479 g/mol. The van der Waals surface area contributed by atoms with Gasteiger partial charge in [-0.2, -0.15) is 5.10 Å². The fourth-order valence-corrected chi connectivity index (χ4v) is 4.35. The van der Waals surface area contributed by atoms with Crippen LogP contribution in [0.1, 0.15) is 5.56 Å². The largest absolute Gasteiger partial charge is 0.324 e. The van der Waals surface area contributed by atoms with Gasteiger partial charge in [-0.3, -0.25) is 9.59 Å². The summed E-state index contributed by atoms with van der Waals surface area (Å²) in [6.07, 6.45) is 1.20. The number of halogens is 2. The summed E-state index contributed by atoms with van der Waals surface area (Å²) in [5.41, 5.74) is 0.371. The van der Waals surface area contributed by atoms with Crippen molar-refractivity contribution in [3.8, 4) is 11.1 Å². The van der Waals surface area contributed by atoms with Crippen molar-refractivity contribution in [3.63, 3.8) is 0 Å². The first-order valence-electron chi connectivity index (χ1n) is 9.35. The maximum atomic E-state index is 13.6. The van der Waals surface area contributed by atoms with E-state index in [1.165, 1.54) is 44.6 Å². The zero-order valence-corrected chi connectivity index (χ0v) is 19.0. The summed E-state index contributed by atoms with van der Waals surface area (Å²) >= 11 is 6.10. The Kier molecular flexibility index (Phi) is 6.77. The number of nitrogens with one attached hydrogen (secondary N) is 1. The van der Waals surface area contributed by atoms with Crippen molar-refractivity contribution in [1.29, 1.82) is 0 Å². The Labute approximate surface area is 189 Å². The molecular weight excluding hydrogens is 459 g/mol. The summed E-state index contributed by atoms with van der Waals surface area (Å²) in [7, 11) is -0.884. The van der Waals surface area contributed by atoms with Gasteiger partial charge in [0.25, 0.3) is 5.56 Å². The van der Waals surface area contributed by atoms with E-state index in [1.807, 2.05) is 0 Å². The van der Waals surface area contributed by atoms with E-state index in [4.69, 9.17) is 11.6 Å². The van der Waals surface area contributed by atoms with Crippen LogP contribution in [0.3, 0.4) is 0 Å². The van der Waals surface area contributed by atoms with Crippen LogP contribution >= 0.6 is 11.6 Å². The van der Waals surface area contributed by atoms with Crippen molar-refractivity contribution >= 4 is 33.2 Å². The first-order chi connectivity index (χ1) is 15.0. The van der Waals surface area contributed by atoms with Crippen LogP contribution in [0.4, 0.5) is 10.1 Å². The number of aryl methyl sites for hydroxylation is 1. The third kappa shape index (κ3) is 4.87. The van der Waals surface area contributed by atoms with Crippen LogP contribution < -0.4 is 10.9 Å². The van der Waals surface area contributed by atoms with Crippen molar-refractivity contribution in [2.75, 3.05) is 19.4 Å². The molecule has 0 bridgehead atoms. The van der Waals surface area contributed by atoms with Crippen molar-refractivity contribution in [2.45, 2.75) is 18.4 Å². The molecule has 0 spiro atoms. The van der Waals surface area contributed by atoms with Gasteiger partial charge in [0.2, 0.25) is 15.9 Å². The molecule has 2 aromatic carbocycles. The number of aromatic nitrogens is 2. The van der Waals surface area contributed by atoms with Crippen LogP contribution in [-0.2, 0) is 21.4 Å². The average Bonchev–Trinajstić information content (AvgIpc) is 2.71. The van der Waals surface area contributed by atoms with Gasteiger partial charge in [-0.15, -0.1) is 0 Å². The Morgan fingerprint density at radius 2 is 1.94 bits per heavy atom. The number of rotatable bonds is 6. The molecule has 0 atom stereocenters. The minimum absolute atomic E-state index is 0.0173. The lowest BCUT2D eigenvalue weighted by Crippen LogP contribution is -2.30. The summed E-state index contributed by atoms with van der Waals surface area (Å²) in [4.78, 5) is 25.4. The molecule has 1 amide bonds. The second-order valence-electron chi connectivity index (χ2n) is 7.16. The van der Waals surface area contributed by atoms with Gasteiger partial charge in [0.05, 0.1) is 21.7 Å². The van der Waals surface area contributed by atoms with E-state index in [-0.39, 0.29) is 26.7 Å². The van der Waals surface area contributed by atoms with Crippen molar-refractivity contribution in [1.82, 2.24) is 14.1 Å². The molecule has 0 unspecified atom stereocenters. The molecule has 0 aliphatic rings. The highest BCUT2D eigenvalue weighted by molar-refractivity contribution is 7.89. The summed E-state index contributed by atoms with van der Waals surface area (Å²) in [5, 5.41) is 6.46. The Morgan fingerprint density at radius 1 is 1.22 bits per heavy atom. The third-order valence-electron chi connectivity index (χ3n) is 4.63. The van der Waals surface area contributed by atoms with E-state index in [0.717, 1.165) is 15.1 Å². The standard InChI is InChI=1S/C21H20ClFN4O4S/c1-13-7-8-16(10-18(13)32(30,31)26(2)3)25-19(28)12-27-21(29)20(17(22)11-24-27)14-5-4-6-15(23)9-14/h4-11H,12H2,1-3H3,(H,25,28). The van der Waals surface area contributed by atoms with Crippen LogP contribution in [0.15, 0.2) is 58.4 Å². The number of nitrogens with zero attached hydrogens (tertiary/aromatic N) is 3. The van der Waals surface area contributed by atoms with Crippen LogP contribution in [0.2, 0.25) is 5.02 Å². The maximum absolute atomic E-state index is 13.6. The van der Waals surface area contributed by atoms with E-state index >= 15 is 0 Å². The van der Waals surface area contributed by atoms with Crippen LogP contribution in [0.5, 0.6) is 0 Å². The highest BCUT2D eigenvalue weighted by Gasteiger charge is 2.21. The summed E-state index contributed by atoms with van der Waals surface area (Å²) in [6, 6.07) is 9.82. The third-order valence-corrected chi connectivity index (χ3v) is 6.88. The van der Waals surface area contributed by atoms with E-state index in [9.17, 15) is 22.4 Å². The molecule has 3 rings (SSSR count). The minimum atomic E-state index is -3.71. The Balaban J connectivity index is 1.88. The lowest BCUT2D eigenvalue weighted by atomic mass is 10.1. The van der Waals surface area contributed by atoms with Gasteiger partial charge < -0.3 is 5.32 Å². The SMILES string of the molecule is Cc1ccc(NC(=O)Cn2ncc(Cl)c(-c3cccc(F)c3)c2=O)cc1S(=O)(=O)N(C)C. The zero-order valence-electron chi connectivity index (χ0n) is 17.5. The molecule has 1 N–H and O–H groups in total. The fourth-order valence-electron chi connectivity index (χ4n) is 2.98. The summed E-state index contributed by atoms with van der Waals surface area (Å²) in [6.45, 7) is 1.19. The Bertz CT molecular complexity index is 1360. The number of carbonyl (C=O) groups excluding carboxylic acids is 1. The lowest BCUT2D eigenvalue weighted by molar-refractivity contribution is -0.117.